The quantitative estimate of drug-likeness (QED) is 0.583. The molecule has 0 aliphatic rings. The van der Waals surface area contributed by atoms with Crippen LogP contribution >= 0.6 is 12.6 Å². The fraction of sp³-hybridized carbons (Fsp3) is 0.222. The van der Waals surface area contributed by atoms with Gasteiger partial charge in [0, 0.05) is 4.90 Å². The molecular weight excluding hydrogens is 154 g/mol. The molecule has 0 heterocycles. The number of hydrogen-bond donors (Lipinski definition) is 1. The number of thiol groups is 1. The van der Waals surface area contributed by atoms with Gasteiger partial charge in [-0.05, 0) is 37.1 Å². The Morgan fingerprint density at radius 1 is 1.27 bits per heavy atom. The first-order valence-corrected chi connectivity index (χ1v) is 3.80. The summed E-state index contributed by atoms with van der Waals surface area (Å²) in [5.41, 5.74) is 2.76. The summed E-state index contributed by atoms with van der Waals surface area (Å²) in [6.45, 7) is 3.84. The van der Waals surface area contributed by atoms with Crippen LogP contribution in [0.1, 0.15) is 16.7 Å². The summed E-state index contributed by atoms with van der Waals surface area (Å²) >= 11 is 4.20. The molecule has 0 aliphatic carbocycles. The average molecular weight is 163 g/mol. The molecule has 0 N–H and O–H groups in total. The van der Waals surface area contributed by atoms with E-state index in [-0.39, 0.29) is 0 Å². The molecule has 56 valence electrons. The Balaban J connectivity index is 3.40. The Labute approximate surface area is 72.1 Å². The van der Waals surface area contributed by atoms with Crippen molar-refractivity contribution in [2.75, 3.05) is 0 Å². The zero-order chi connectivity index (χ0) is 8.43. The van der Waals surface area contributed by atoms with Gasteiger partial charge in [0.1, 0.15) is 0 Å². The molecule has 0 amide bonds. The van der Waals surface area contributed by atoms with Gasteiger partial charge in [-0.2, -0.15) is 5.26 Å². The molecule has 0 unspecified atom stereocenters. The maximum Gasteiger partial charge on any atom is 0.0997 e. The van der Waals surface area contributed by atoms with Crippen molar-refractivity contribution >= 4 is 12.6 Å². The molecule has 0 spiro atoms. The van der Waals surface area contributed by atoms with E-state index in [4.69, 9.17) is 5.26 Å². The Bertz CT molecular complexity index is 300. The second-order valence-corrected chi connectivity index (χ2v) is 3.08. The van der Waals surface area contributed by atoms with Crippen molar-refractivity contribution in [3.05, 3.63) is 28.8 Å². The van der Waals surface area contributed by atoms with Crippen molar-refractivity contribution < 1.29 is 0 Å². The molecule has 0 aliphatic heterocycles. The lowest BCUT2D eigenvalue weighted by Gasteiger charge is -2.01. The Kier molecular flexibility index (Phi) is 2.21. The number of hydrogen-bond acceptors (Lipinski definition) is 2. The molecule has 0 bridgehead atoms. The van der Waals surface area contributed by atoms with Crippen molar-refractivity contribution in [1.29, 1.82) is 5.26 Å². The zero-order valence-corrected chi connectivity index (χ0v) is 7.44. The summed E-state index contributed by atoms with van der Waals surface area (Å²) in [5.74, 6) is 0. The summed E-state index contributed by atoms with van der Waals surface area (Å²) in [6.07, 6.45) is 0. The summed E-state index contributed by atoms with van der Waals surface area (Å²) in [5, 5.41) is 8.72. The SMILES string of the molecule is Cc1cc(S)cc(C)c1C#N. The third-order valence-electron chi connectivity index (χ3n) is 1.63. The minimum absolute atomic E-state index is 0.766. The van der Waals surface area contributed by atoms with Crippen molar-refractivity contribution in [2.45, 2.75) is 18.7 Å². The molecule has 0 radical (unpaired) electrons. The Morgan fingerprint density at radius 2 is 1.73 bits per heavy atom. The van der Waals surface area contributed by atoms with Gasteiger partial charge in [0.25, 0.3) is 0 Å². The summed E-state index contributed by atoms with van der Waals surface area (Å²) in [6, 6.07) is 5.95. The van der Waals surface area contributed by atoms with Gasteiger partial charge in [0.05, 0.1) is 11.6 Å². The first-order valence-electron chi connectivity index (χ1n) is 3.35. The van der Waals surface area contributed by atoms with E-state index in [2.05, 4.69) is 18.7 Å². The number of aryl methyl sites for hydroxylation is 2. The third-order valence-corrected chi connectivity index (χ3v) is 1.89. The van der Waals surface area contributed by atoms with Gasteiger partial charge in [-0.1, -0.05) is 0 Å². The van der Waals surface area contributed by atoms with E-state index < -0.39 is 0 Å². The molecule has 11 heavy (non-hydrogen) atoms. The highest BCUT2D eigenvalue weighted by molar-refractivity contribution is 7.80. The van der Waals surface area contributed by atoms with Gasteiger partial charge >= 0.3 is 0 Å². The Hall–Kier alpha value is -0.940. The summed E-state index contributed by atoms with van der Waals surface area (Å²) in [7, 11) is 0. The lowest BCUT2D eigenvalue weighted by Crippen LogP contribution is -1.87. The van der Waals surface area contributed by atoms with Gasteiger partial charge in [-0.3, -0.25) is 0 Å². The van der Waals surface area contributed by atoms with Crippen LogP contribution in [0.3, 0.4) is 0 Å². The molecule has 0 atom stereocenters. The number of benzene rings is 1. The minimum Gasteiger partial charge on any atom is -0.192 e. The predicted molar refractivity (Wildman–Crippen MR) is 47.9 cm³/mol. The molecule has 0 saturated carbocycles. The highest BCUT2D eigenvalue weighted by atomic mass is 32.1. The third kappa shape index (κ3) is 1.55. The Morgan fingerprint density at radius 3 is 2.09 bits per heavy atom. The molecule has 1 rings (SSSR count). The predicted octanol–water partition coefficient (Wildman–Crippen LogP) is 2.46. The van der Waals surface area contributed by atoms with Gasteiger partial charge < -0.3 is 0 Å². The fourth-order valence-electron chi connectivity index (χ4n) is 1.12. The van der Waals surface area contributed by atoms with Crippen LogP contribution < -0.4 is 0 Å². The van der Waals surface area contributed by atoms with Crippen LogP contribution in [0.15, 0.2) is 17.0 Å². The van der Waals surface area contributed by atoms with Crippen LogP contribution in [0.5, 0.6) is 0 Å². The standard InChI is InChI=1S/C9H9NS/c1-6-3-8(11)4-7(2)9(6)5-10/h3-4,11H,1-2H3. The zero-order valence-electron chi connectivity index (χ0n) is 6.55. The normalized spacial score (nSPS) is 9.27. The van der Waals surface area contributed by atoms with Crippen LogP contribution in [0.25, 0.3) is 0 Å². The van der Waals surface area contributed by atoms with Crippen LogP contribution in [0, 0.1) is 25.2 Å². The molecule has 0 fully saturated rings. The van der Waals surface area contributed by atoms with Crippen molar-refractivity contribution in [2.24, 2.45) is 0 Å². The van der Waals surface area contributed by atoms with Gasteiger partial charge in [0.15, 0.2) is 0 Å². The molecule has 0 aromatic heterocycles. The maximum absolute atomic E-state index is 8.72. The van der Waals surface area contributed by atoms with Gasteiger partial charge in [-0.25, -0.2) is 0 Å². The van der Waals surface area contributed by atoms with Crippen LogP contribution in [0.2, 0.25) is 0 Å². The molecular formula is C9H9NS. The van der Waals surface area contributed by atoms with Crippen LogP contribution in [0.4, 0.5) is 0 Å². The highest BCUT2D eigenvalue weighted by Crippen LogP contribution is 2.17. The maximum atomic E-state index is 8.72. The lowest BCUT2D eigenvalue weighted by atomic mass is 10.0. The smallest absolute Gasteiger partial charge is 0.0997 e. The van der Waals surface area contributed by atoms with E-state index in [0.717, 1.165) is 21.6 Å². The van der Waals surface area contributed by atoms with Crippen LogP contribution in [-0.2, 0) is 0 Å². The summed E-state index contributed by atoms with van der Waals surface area (Å²) in [4.78, 5) is 0.916. The fourth-order valence-corrected chi connectivity index (χ4v) is 1.50. The molecule has 1 nitrogen and oxygen atoms in total. The van der Waals surface area contributed by atoms with Crippen molar-refractivity contribution in [1.82, 2.24) is 0 Å². The second-order valence-electron chi connectivity index (χ2n) is 2.57. The van der Waals surface area contributed by atoms with Crippen molar-refractivity contribution in [3.8, 4) is 6.07 Å². The number of rotatable bonds is 0. The van der Waals surface area contributed by atoms with E-state index in [1.54, 1.807) is 0 Å². The van der Waals surface area contributed by atoms with Gasteiger partial charge in [0.2, 0.25) is 0 Å². The number of nitriles is 1. The van der Waals surface area contributed by atoms with E-state index in [9.17, 15) is 0 Å². The first kappa shape index (κ1) is 8.16. The monoisotopic (exact) mass is 163 g/mol. The minimum atomic E-state index is 0.766. The second kappa shape index (κ2) is 2.98. The molecule has 2 heteroatoms. The van der Waals surface area contributed by atoms with E-state index in [0.29, 0.717) is 0 Å². The number of nitrogens with zero attached hydrogens (tertiary/aromatic N) is 1. The van der Waals surface area contributed by atoms with Gasteiger partial charge in [-0.15, -0.1) is 12.6 Å². The average Bonchev–Trinajstić information content (AvgIpc) is 1.85. The topological polar surface area (TPSA) is 23.8 Å². The van der Waals surface area contributed by atoms with Crippen molar-refractivity contribution in [3.63, 3.8) is 0 Å². The largest absolute Gasteiger partial charge is 0.192 e. The molecule has 1 aromatic rings. The van der Waals surface area contributed by atoms with E-state index >= 15 is 0 Å². The lowest BCUT2D eigenvalue weighted by molar-refractivity contribution is 1.26. The van der Waals surface area contributed by atoms with Crippen LogP contribution in [-0.4, -0.2) is 0 Å². The van der Waals surface area contributed by atoms with E-state index in [1.807, 2.05) is 26.0 Å². The summed E-state index contributed by atoms with van der Waals surface area (Å²) < 4.78 is 0. The molecule has 1 aromatic carbocycles. The van der Waals surface area contributed by atoms with E-state index in [1.165, 1.54) is 0 Å². The first-order chi connectivity index (χ1) is 5.15. The molecule has 0 saturated heterocycles. The highest BCUT2D eigenvalue weighted by Gasteiger charge is 2.01.